The van der Waals surface area contributed by atoms with E-state index in [4.69, 9.17) is 11.6 Å². The van der Waals surface area contributed by atoms with E-state index >= 15 is 0 Å². The van der Waals surface area contributed by atoms with Crippen LogP contribution in [0, 0.1) is 0 Å². The lowest BCUT2D eigenvalue weighted by molar-refractivity contribution is -0.0690. The molecule has 1 rings (SSSR count). The summed E-state index contributed by atoms with van der Waals surface area (Å²) in [6.07, 6.45) is -4.93. The molecule has 1 atom stereocenters. The van der Waals surface area contributed by atoms with Crippen LogP contribution >= 0.6 is 11.6 Å². The van der Waals surface area contributed by atoms with E-state index in [1.807, 2.05) is 0 Å². The van der Waals surface area contributed by atoms with Crippen LogP contribution in [0.25, 0.3) is 0 Å². The van der Waals surface area contributed by atoms with Crippen LogP contribution in [0.2, 0.25) is 5.15 Å². The monoisotopic (exact) mass is 212 g/mol. The first-order chi connectivity index (χ1) is 6.09. The maximum atomic E-state index is 12.3. The van der Waals surface area contributed by atoms with E-state index in [-0.39, 0.29) is 11.0 Å². The van der Waals surface area contributed by atoms with Gasteiger partial charge in [-0.1, -0.05) is 11.6 Å². The van der Waals surface area contributed by atoms with Gasteiger partial charge in [-0.05, 0) is 0 Å². The second kappa shape index (κ2) is 4.27. The molecule has 0 amide bonds. The number of alkyl halides is 3. The van der Waals surface area contributed by atoms with Crippen molar-refractivity contribution in [2.75, 3.05) is 0 Å². The van der Waals surface area contributed by atoms with Crippen LogP contribution in [-0.2, 0) is 0 Å². The Bertz CT molecular complexity index is 286. The lowest BCUT2D eigenvalue weighted by Crippen LogP contribution is -2.20. The Labute approximate surface area is 76.5 Å². The summed E-state index contributed by atoms with van der Waals surface area (Å²) >= 11 is 5.37. The Kier molecular flexibility index (Phi) is 3.30. The number of hydrogen-bond donors (Lipinski definition) is 0. The average Bonchev–Trinajstić information content (AvgIpc) is 2.04. The van der Waals surface area contributed by atoms with E-state index in [9.17, 15) is 13.2 Å². The van der Waals surface area contributed by atoms with Gasteiger partial charge in [0.25, 0.3) is 6.36 Å². The molecule has 1 heterocycles. The fourth-order valence-electron chi connectivity index (χ4n) is 0.549. The zero-order valence-electron chi connectivity index (χ0n) is 6.12. The predicted octanol–water partition coefficient (Wildman–Crippen LogP) is 2.07. The largest absolute Gasteiger partial charge is 0.437 e. The molecule has 3 nitrogen and oxygen atoms in total. The van der Waals surface area contributed by atoms with E-state index in [1.165, 1.54) is 0 Å². The molecule has 0 aromatic carbocycles. The van der Waals surface area contributed by atoms with Crippen molar-refractivity contribution in [2.24, 2.45) is 0 Å². The highest BCUT2D eigenvalue weighted by Gasteiger charge is 2.21. The first-order valence-electron chi connectivity index (χ1n) is 3.16. The molecule has 0 N–H and O–H groups in total. The van der Waals surface area contributed by atoms with Gasteiger partial charge < -0.3 is 4.74 Å². The van der Waals surface area contributed by atoms with Crippen molar-refractivity contribution in [2.45, 2.75) is 12.8 Å². The SMILES string of the molecule is FC(F)C(F)Oc1cc(Cl)ncn1. The van der Waals surface area contributed by atoms with Crippen molar-refractivity contribution in [1.82, 2.24) is 9.97 Å². The molecule has 0 saturated heterocycles. The molecule has 1 unspecified atom stereocenters. The first-order valence-corrected chi connectivity index (χ1v) is 3.54. The summed E-state index contributed by atoms with van der Waals surface area (Å²) in [6, 6.07) is 1.04. The molecule has 7 heteroatoms. The topological polar surface area (TPSA) is 35.0 Å². The maximum absolute atomic E-state index is 12.3. The summed E-state index contributed by atoms with van der Waals surface area (Å²) in [5, 5.41) is -0.00790. The highest BCUT2D eigenvalue weighted by Crippen LogP contribution is 2.15. The second-order valence-electron chi connectivity index (χ2n) is 1.98. The van der Waals surface area contributed by atoms with Gasteiger partial charge in [0.2, 0.25) is 5.88 Å². The highest BCUT2D eigenvalue weighted by atomic mass is 35.5. The van der Waals surface area contributed by atoms with E-state index < -0.39 is 12.8 Å². The molecule has 0 aliphatic rings. The van der Waals surface area contributed by atoms with Gasteiger partial charge in [0, 0.05) is 6.07 Å². The minimum absolute atomic E-state index is 0.00790. The van der Waals surface area contributed by atoms with Gasteiger partial charge in [-0.15, -0.1) is 0 Å². The van der Waals surface area contributed by atoms with Crippen molar-refractivity contribution >= 4 is 11.6 Å². The molecule has 0 aliphatic carbocycles. The molecular weight excluding hydrogens is 209 g/mol. The second-order valence-corrected chi connectivity index (χ2v) is 2.37. The normalized spacial score (nSPS) is 13.0. The predicted molar refractivity (Wildman–Crippen MR) is 38.6 cm³/mol. The Morgan fingerprint density at radius 1 is 1.31 bits per heavy atom. The lowest BCUT2D eigenvalue weighted by Gasteiger charge is -2.08. The highest BCUT2D eigenvalue weighted by molar-refractivity contribution is 6.29. The van der Waals surface area contributed by atoms with Crippen molar-refractivity contribution in [3.8, 4) is 5.88 Å². The number of aromatic nitrogens is 2. The smallest absolute Gasteiger partial charge is 0.304 e. The molecule has 0 fully saturated rings. The third kappa shape index (κ3) is 3.06. The minimum Gasteiger partial charge on any atom is -0.437 e. The molecular formula is C6H4ClF3N2O. The van der Waals surface area contributed by atoms with Gasteiger partial charge in [-0.2, -0.15) is 4.39 Å². The van der Waals surface area contributed by atoms with Crippen molar-refractivity contribution in [1.29, 1.82) is 0 Å². The molecule has 0 saturated carbocycles. The number of nitrogens with zero attached hydrogens (tertiary/aromatic N) is 2. The summed E-state index contributed by atoms with van der Waals surface area (Å²) < 4.78 is 39.6. The summed E-state index contributed by atoms with van der Waals surface area (Å²) in [7, 11) is 0. The van der Waals surface area contributed by atoms with Gasteiger partial charge in [-0.3, -0.25) is 0 Å². The number of halogens is 4. The quantitative estimate of drug-likeness (QED) is 0.720. The number of ether oxygens (including phenoxy) is 1. The molecule has 72 valence electrons. The molecule has 0 radical (unpaired) electrons. The van der Waals surface area contributed by atoms with Crippen molar-refractivity contribution < 1.29 is 17.9 Å². The molecule has 0 bridgehead atoms. The lowest BCUT2D eigenvalue weighted by atomic mass is 10.6. The van der Waals surface area contributed by atoms with E-state index in [2.05, 4.69) is 14.7 Å². The van der Waals surface area contributed by atoms with Crippen LogP contribution in [0.3, 0.4) is 0 Å². The minimum atomic E-state index is -3.21. The Balaban J connectivity index is 2.64. The molecule has 1 aromatic rings. The van der Waals surface area contributed by atoms with Gasteiger partial charge in [0.05, 0.1) is 0 Å². The standard InChI is InChI=1S/C6H4ClF3N2O/c7-3-1-4(12-2-11-3)13-6(10)5(8)9/h1-2,5-6H. The molecule has 1 aromatic heterocycles. The van der Waals surface area contributed by atoms with Crippen molar-refractivity contribution in [3.05, 3.63) is 17.5 Å². The number of rotatable bonds is 3. The van der Waals surface area contributed by atoms with E-state index in [0.29, 0.717) is 0 Å². The summed E-state index contributed by atoms with van der Waals surface area (Å²) in [6.45, 7) is 0. The van der Waals surface area contributed by atoms with Gasteiger partial charge in [0.1, 0.15) is 11.5 Å². The molecule has 0 aliphatic heterocycles. The fourth-order valence-corrected chi connectivity index (χ4v) is 0.686. The summed E-state index contributed by atoms with van der Waals surface area (Å²) in [4.78, 5) is 6.83. The van der Waals surface area contributed by atoms with Crippen LogP contribution in [0.5, 0.6) is 5.88 Å². The Morgan fingerprint density at radius 2 is 2.00 bits per heavy atom. The van der Waals surface area contributed by atoms with Crippen LogP contribution in [0.1, 0.15) is 0 Å². The third-order valence-corrected chi connectivity index (χ3v) is 1.25. The van der Waals surface area contributed by atoms with Crippen LogP contribution in [-0.4, -0.2) is 22.8 Å². The van der Waals surface area contributed by atoms with Gasteiger partial charge in [0.15, 0.2) is 0 Å². The Hall–Kier alpha value is -1.04. The summed E-state index contributed by atoms with van der Waals surface area (Å²) in [5.41, 5.74) is 0. The Morgan fingerprint density at radius 3 is 2.54 bits per heavy atom. The first kappa shape index (κ1) is 10.0. The molecule has 13 heavy (non-hydrogen) atoms. The van der Waals surface area contributed by atoms with E-state index in [0.717, 1.165) is 12.4 Å². The van der Waals surface area contributed by atoms with Crippen LogP contribution < -0.4 is 4.74 Å². The van der Waals surface area contributed by atoms with Gasteiger partial charge >= 0.3 is 6.43 Å². The average molecular weight is 213 g/mol. The fraction of sp³-hybridized carbons (Fsp3) is 0.333. The zero-order valence-corrected chi connectivity index (χ0v) is 6.88. The number of hydrogen-bond acceptors (Lipinski definition) is 3. The third-order valence-electron chi connectivity index (χ3n) is 1.04. The van der Waals surface area contributed by atoms with Gasteiger partial charge in [-0.25, -0.2) is 18.7 Å². The maximum Gasteiger partial charge on any atom is 0.304 e. The van der Waals surface area contributed by atoms with Crippen LogP contribution in [0.15, 0.2) is 12.4 Å². The molecule has 0 spiro atoms. The zero-order chi connectivity index (χ0) is 9.84. The van der Waals surface area contributed by atoms with Crippen molar-refractivity contribution in [3.63, 3.8) is 0 Å². The van der Waals surface area contributed by atoms with E-state index in [1.54, 1.807) is 0 Å². The summed E-state index contributed by atoms with van der Waals surface area (Å²) in [5.74, 6) is -0.326. The van der Waals surface area contributed by atoms with Crippen LogP contribution in [0.4, 0.5) is 13.2 Å².